The molecule has 0 aliphatic heterocycles. The predicted molar refractivity (Wildman–Crippen MR) is 155 cm³/mol. The monoisotopic (exact) mass is 520 g/mol. The Kier molecular flexibility index (Phi) is 11.0. The van der Waals surface area contributed by atoms with Gasteiger partial charge >= 0.3 is 11.9 Å². The Bertz CT molecular complexity index is 1050. The topological polar surface area (TPSA) is 52.6 Å². The maximum Gasteiger partial charge on any atom is 0.311 e. The number of rotatable bonds is 15. The van der Waals surface area contributed by atoms with Gasteiger partial charge in [0.2, 0.25) is 0 Å². The number of unbranched alkanes of at least 4 members (excludes halogenated alkanes) is 8. The van der Waals surface area contributed by atoms with Crippen LogP contribution < -0.4 is 9.47 Å². The number of carbonyl (C=O) groups excluding carboxylic acids is 2. The lowest BCUT2D eigenvalue weighted by atomic mass is 9.75. The molecule has 0 saturated carbocycles. The standard InChI is InChI=1S/C34H48O4/c1-6-8-10-12-14-16-31(35)37-27-20-18-26(19-21-27)34(5)25-33(3,4)29-23-22-28(24-30(29)34)38-32(36)17-15-13-11-9-7-2/h18-24H,6-17,25H2,1-5H3/t34-/m0/s1. The Morgan fingerprint density at radius 2 is 1.16 bits per heavy atom. The minimum atomic E-state index is -0.233. The molecule has 0 amide bonds. The molecule has 1 atom stereocenters. The van der Waals surface area contributed by atoms with Crippen molar-refractivity contribution in [2.45, 2.75) is 129 Å². The van der Waals surface area contributed by atoms with Crippen molar-refractivity contribution in [3.8, 4) is 11.5 Å². The summed E-state index contributed by atoms with van der Waals surface area (Å²) >= 11 is 0. The van der Waals surface area contributed by atoms with Gasteiger partial charge in [0.15, 0.2) is 0 Å². The fraction of sp³-hybridized carbons (Fsp3) is 0.588. The minimum Gasteiger partial charge on any atom is -0.427 e. The smallest absolute Gasteiger partial charge is 0.311 e. The van der Waals surface area contributed by atoms with Crippen LogP contribution in [0, 0.1) is 0 Å². The Morgan fingerprint density at radius 3 is 1.71 bits per heavy atom. The number of esters is 2. The normalized spacial score (nSPS) is 17.7. The van der Waals surface area contributed by atoms with E-state index in [1.54, 1.807) is 0 Å². The maximum absolute atomic E-state index is 12.5. The second-order valence-corrected chi connectivity index (χ2v) is 11.9. The first-order chi connectivity index (χ1) is 18.2. The number of carbonyl (C=O) groups is 2. The lowest BCUT2D eigenvalue weighted by Crippen LogP contribution is -2.23. The Hall–Kier alpha value is -2.62. The molecule has 0 saturated heterocycles. The molecule has 2 aromatic rings. The molecule has 208 valence electrons. The van der Waals surface area contributed by atoms with E-state index in [2.05, 4.69) is 58.9 Å². The molecule has 0 bridgehead atoms. The Balaban J connectivity index is 1.67. The van der Waals surface area contributed by atoms with Crippen LogP contribution in [0.15, 0.2) is 42.5 Å². The van der Waals surface area contributed by atoms with Gasteiger partial charge in [0.1, 0.15) is 11.5 Å². The van der Waals surface area contributed by atoms with Crippen molar-refractivity contribution in [3.63, 3.8) is 0 Å². The molecule has 1 aliphatic carbocycles. The van der Waals surface area contributed by atoms with E-state index in [9.17, 15) is 9.59 Å². The first-order valence-electron chi connectivity index (χ1n) is 14.9. The minimum absolute atomic E-state index is 0.00515. The van der Waals surface area contributed by atoms with E-state index in [4.69, 9.17) is 9.47 Å². The maximum atomic E-state index is 12.5. The lowest BCUT2D eigenvalue weighted by Gasteiger charge is -2.28. The molecular formula is C34H48O4. The first-order valence-corrected chi connectivity index (χ1v) is 14.9. The summed E-state index contributed by atoms with van der Waals surface area (Å²) in [6.45, 7) is 11.2. The Morgan fingerprint density at radius 1 is 0.658 bits per heavy atom. The number of fused-ring (bicyclic) bond motifs is 1. The predicted octanol–water partition coefficient (Wildman–Crippen LogP) is 9.21. The number of benzene rings is 2. The van der Waals surface area contributed by atoms with Crippen LogP contribution in [0.2, 0.25) is 0 Å². The van der Waals surface area contributed by atoms with Crippen molar-refractivity contribution >= 4 is 11.9 Å². The van der Waals surface area contributed by atoms with Crippen molar-refractivity contribution in [2.24, 2.45) is 0 Å². The molecule has 1 aliphatic rings. The third-order valence-electron chi connectivity index (χ3n) is 8.03. The van der Waals surface area contributed by atoms with Gasteiger partial charge in [-0.05, 0) is 65.6 Å². The molecule has 38 heavy (non-hydrogen) atoms. The highest BCUT2D eigenvalue weighted by Gasteiger charge is 2.46. The van der Waals surface area contributed by atoms with Crippen LogP contribution in [-0.2, 0) is 20.4 Å². The number of hydrogen-bond acceptors (Lipinski definition) is 4. The second-order valence-electron chi connectivity index (χ2n) is 11.9. The summed E-state index contributed by atoms with van der Waals surface area (Å²) in [6, 6.07) is 14.1. The summed E-state index contributed by atoms with van der Waals surface area (Å²) in [7, 11) is 0. The summed E-state index contributed by atoms with van der Waals surface area (Å²) in [5.41, 5.74) is 3.42. The molecular weight excluding hydrogens is 472 g/mol. The summed E-state index contributed by atoms with van der Waals surface area (Å²) in [5.74, 6) is 0.896. The number of hydrogen-bond donors (Lipinski definition) is 0. The van der Waals surface area contributed by atoms with Gasteiger partial charge in [-0.15, -0.1) is 0 Å². The molecule has 0 N–H and O–H groups in total. The van der Waals surface area contributed by atoms with E-state index >= 15 is 0 Å². The molecule has 0 radical (unpaired) electrons. The SMILES string of the molecule is CCCCCCCC(=O)Oc1ccc([C@]2(C)CC(C)(C)c3ccc(OC(=O)CCCCCCC)cc32)cc1. The largest absolute Gasteiger partial charge is 0.427 e. The quantitative estimate of drug-likeness (QED) is 0.133. The highest BCUT2D eigenvalue weighted by atomic mass is 16.5. The second kappa shape index (κ2) is 14.0. The summed E-state index contributed by atoms with van der Waals surface area (Å²) in [4.78, 5) is 24.8. The van der Waals surface area contributed by atoms with Crippen LogP contribution in [0.4, 0.5) is 0 Å². The fourth-order valence-corrected chi connectivity index (χ4v) is 5.97. The zero-order valence-corrected chi connectivity index (χ0v) is 24.4. The van der Waals surface area contributed by atoms with Gasteiger partial charge in [-0.2, -0.15) is 0 Å². The van der Waals surface area contributed by atoms with E-state index in [0.29, 0.717) is 24.3 Å². The van der Waals surface area contributed by atoms with Crippen LogP contribution >= 0.6 is 0 Å². The van der Waals surface area contributed by atoms with Crippen molar-refractivity contribution in [2.75, 3.05) is 0 Å². The zero-order valence-electron chi connectivity index (χ0n) is 24.4. The van der Waals surface area contributed by atoms with Crippen LogP contribution in [-0.4, -0.2) is 11.9 Å². The van der Waals surface area contributed by atoms with Crippen molar-refractivity contribution < 1.29 is 19.1 Å². The summed E-state index contributed by atoms with van der Waals surface area (Å²) < 4.78 is 11.4. The van der Waals surface area contributed by atoms with Crippen LogP contribution in [0.1, 0.15) is 135 Å². The van der Waals surface area contributed by atoms with E-state index in [1.165, 1.54) is 55.2 Å². The number of ether oxygens (including phenoxy) is 2. The van der Waals surface area contributed by atoms with Crippen molar-refractivity contribution in [1.82, 2.24) is 0 Å². The average molecular weight is 521 g/mol. The van der Waals surface area contributed by atoms with E-state index < -0.39 is 0 Å². The fourth-order valence-electron chi connectivity index (χ4n) is 5.97. The molecule has 4 heteroatoms. The third-order valence-corrected chi connectivity index (χ3v) is 8.03. The van der Waals surface area contributed by atoms with Crippen LogP contribution in [0.5, 0.6) is 11.5 Å². The first kappa shape index (κ1) is 29.9. The molecule has 0 unspecified atom stereocenters. The van der Waals surface area contributed by atoms with Crippen molar-refractivity contribution in [1.29, 1.82) is 0 Å². The molecule has 0 heterocycles. The van der Waals surface area contributed by atoms with Gasteiger partial charge in [-0.25, -0.2) is 0 Å². The average Bonchev–Trinajstić information content (AvgIpc) is 3.09. The molecule has 2 aromatic carbocycles. The van der Waals surface area contributed by atoms with Crippen LogP contribution in [0.25, 0.3) is 0 Å². The van der Waals surface area contributed by atoms with E-state index in [0.717, 1.165) is 32.1 Å². The van der Waals surface area contributed by atoms with Gasteiger partial charge in [-0.1, -0.05) is 104 Å². The molecule has 0 fully saturated rings. The third kappa shape index (κ3) is 7.94. The van der Waals surface area contributed by atoms with Crippen molar-refractivity contribution in [3.05, 3.63) is 59.2 Å². The molecule has 4 nitrogen and oxygen atoms in total. The highest BCUT2D eigenvalue weighted by molar-refractivity contribution is 5.73. The van der Waals surface area contributed by atoms with Gasteiger partial charge in [-0.3, -0.25) is 9.59 Å². The Labute approximate surface area is 230 Å². The molecule has 0 aromatic heterocycles. The van der Waals surface area contributed by atoms with Crippen LogP contribution in [0.3, 0.4) is 0 Å². The molecule has 0 spiro atoms. The zero-order chi connectivity index (χ0) is 27.6. The summed E-state index contributed by atoms with van der Waals surface area (Å²) in [5, 5.41) is 0. The van der Waals surface area contributed by atoms with Gasteiger partial charge in [0.25, 0.3) is 0 Å². The summed E-state index contributed by atoms with van der Waals surface area (Å²) in [6.07, 6.45) is 13.0. The van der Waals surface area contributed by atoms with Gasteiger partial charge in [0.05, 0.1) is 0 Å². The van der Waals surface area contributed by atoms with Gasteiger partial charge in [0, 0.05) is 18.3 Å². The highest BCUT2D eigenvalue weighted by Crippen LogP contribution is 2.53. The molecule has 3 rings (SSSR count). The van der Waals surface area contributed by atoms with Gasteiger partial charge < -0.3 is 9.47 Å². The van der Waals surface area contributed by atoms with E-state index in [1.807, 2.05) is 18.2 Å². The van der Waals surface area contributed by atoms with E-state index in [-0.39, 0.29) is 22.8 Å². The lowest BCUT2D eigenvalue weighted by molar-refractivity contribution is -0.135.